The summed E-state index contributed by atoms with van der Waals surface area (Å²) in [6.07, 6.45) is 5.04. The number of hydrogen-bond donors (Lipinski definition) is 1. The summed E-state index contributed by atoms with van der Waals surface area (Å²) in [7, 11) is 1.67. The Hall–Kier alpha value is -2.66. The summed E-state index contributed by atoms with van der Waals surface area (Å²) in [5, 5.41) is 2.65. The number of rotatable bonds is 11. The van der Waals surface area contributed by atoms with Gasteiger partial charge < -0.3 is 10.2 Å². The Morgan fingerprint density at radius 2 is 1.31 bits per heavy atom. The van der Waals surface area contributed by atoms with Gasteiger partial charge in [0.05, 0.1) is 0 Å². The van der Waals surface area contributed by atoms with E-state index in [-0.39, 0.29) is 11.8 Å². The van der Waals surface area contributed by atoms with Gasteiger partial charge in [0.1, 0.15) is 0 Å². The maximum absolute atomic E-state index is 12.6. The van der Waals surface area contributed by atoms with Crippen molar-refractivity contribution in [2.24, 2.45) is 0 Å². The Kier molecular flexibility index (Phi) is 9.76. The Bertz CT molecular complexity index is 778. The second-order valence-corrected chi connectivity index (χ2v) is 8.64. The van der Waals surface area contributed by atoms with E-state index in [4.69, 9.17) is 0 Å². The Morgan fingerprint density at radius 3 is 1.84 bits per heavy atom. The molecule has 1 aliphatic rings. The van der Waals surface area contributed by atoms with Crippen molar-refractivity contribution in [1.29, 1.82) is 0 Å². The van der Waals surface area contributed by atoms with Gasteiger partial charge in [-0.3, -0.25) is 14.5 Å². The van der Waals surface area contributed by atoms with Gasteiger partial charge in [-0.2, -0.15) is 0 Å². The minimum atomic E-state index is 0.0979. The molecule has 172 valence electrons. The second kappa shape index (κ2) is 13.0. The van der Waals surface area contributed by atoms with Crippen LogP contribution in [0.2, 0.25) is 0 Å². The molecule has 5 nitrogen and oxygen atoms in total. The van der Waals surface area contributed by atoms with E-state index in [1.165, 1.54) is 11.1 Å². The quantitative estimate of drug-likeness (QED) is 0.542. The third-order valence-corrected chi connectivity index (χ3v) is 6.39. The molecule has 0 radical (unpaired) electrons. The van der Waals surface area contributed by atoms with E-state index in [1.54, 1.807) is 7.05 Å². The first-order valence-electron chi connectivity index (χ1n) is 12.0. The molecule has 2 aromatic rings. The number of amides is 2. The molecule has 0 bridgehead atoms. The summed E-state index contributed by atoms with van der Waals surface area (Å²) in [4.78, 5) is 28.4. The van der Waals surface area contributed by atoms with E-state index in [0.717, 1.165) is 58.4 Å². The summed E-state index contributed by atoms with van der Waals surface area (Å²) < 4.78 is 0. The summed E-state index contributed by atoms with van der Waals surface area (Å²) in [6.45, 7) is 4.45. The molecule has 2 aromatic carbocycles. The van der Waals surface area contributed by atoms with Crippen LogP contribution in [0.5, 0.6) is 0 Å². The lowest BCUT2D eigenvalue weighted by Crippen LogP contribution is -2.49. The summed E-state index contributed by atoms with van der Waals surface area (Å²) in [6, 6.07) is 21.4. The molecular weight excluding hydrogens is 398 g/mol. The van der Waals surface area contributed by atoms with Crippen molar-refractivity contribution in [3.8, 4) is 0 Å². The van der Waals surface area contributed by atoms with Crippen molar-refractivity contribution in [2.45, 2.75) is 44.4 Å². The second-order valence-electron chi connectivity index (χ2n) is 8.64. The molecule has 32 heavy (non-hydrogen) atoms. The molecule has 0 unspecified atom stereocenters. The minimum Gasteiger partial charge on any atom is -0.359 e. The van der Waals surface area contributed by atoms with Gasteiger partial charge in [0.25, 0.3) is 0 Å². The maximum Gasteiger partial charge on any atom is 0.222 e. The van der Waals surface area contributed by atoms with Crippen LogP contribution in [-0.2, 0) is 9.59 Å². The fraction of sp³-hybridized carbons (Fsp3) is 0.481. The first-order chi connectivity index (χ1) is 15.7. The first kappa shape index (κ1) is 24.0. The van der Waals surface area contributed by atoms with E-state index in [2.05, 4.69) is 70.9 Å². The van der Waals surface area contributed by atoms with E-state index in [0.29, 0.717) is 18.8 Å². The normalized spacial score (nSPS) is 14.5. The molecule has 0 aromatic heterocycles. The molecule has 3 rings (SSSR count). The third kappa shape index (κ3) is 7.49. The van der Waals surface area contributed by atoms with Gasteiger partial charge in [-0.05, 0) is 24.0 Å². The third-order valence-electron chi connectivity index (χ3n) is 6.39. The van der Waals surface area contributed by atoms with Gasteiger partial charge in [0.15, 0.2) is 0 Å². The average molecular weight is 436 g/mol. The molecule has 1 saturated heterocycles. The smallest absolute Gasteiger partial charge is 0.222 e. The molecular formula is C27H37N3O2. The minimum absolute atomic E-state index is 0.0979. The predicted octanol–water partition coefficient (Wildman–Crippen LogP) is 4.05. The van der Waals surface area contributed by atoms with Crippen molar-refractivity contribution in [3.05, 3.63) is 71.8 Å². The molecule has 1 N–H and O–H groups in total. The SMILES string of the molecule is CNC(=O)CCCCCCC(=O)N1CCN(CC(c2ccccc2)c2ccccc2)CC1. The van der Waals surface area contributed by atoms with Crippen molar-refractivity contribution >= 4 is 11.8 Å². The van der Waals surface area contributed by atoms with Crippen LogP contribution in [-0.4, -0.2) is 61.4 Å². The molecule has 1 fully saturated rings. The fourth-order valence-corrected chi connectivity index (χ4v) is 4.41. The molecule has 0 aliphatic carbocycles. The van der Waals surface area contributed by atoms with Gasteiger partial charge in [0.2, 0.25) is 11.8 Å². The molecule has 0 atom stereocenters. The number of piperazine rings is 1. The van der Waals surface area contributed by atoms with Gasteiger partial charge in [-0.15, -0.1) is 0 Å². The van der Waals surface area contributed by atoms with E-state index < -0.39 is 0 Å². The number of benzene rings is 2. The van der Waals surface area contributed by atoms with Crippen LogP contribution < -0.4 is 5.32 Å². The number of carbonyl (C=O) groups is 2. The highest BCUT2D eigenvalue weighted by Gasteiger charge is 2.24. The van der Waals surface area contributed by atoms with Gasteiger partial charge in [-0.25, -0.2) is 0 Å². The van der Waals surface area contributed by atoms with Crippen molar-refractivity contribution in [3.63, 3.8) is 0 Å². The van der Waals surface area contributed by atoms with Crippen LogP contribution >= 0.6 is 0 Å². The zero-order valence-electron chi connectivity index (χ0n) is 19.3. The predicted molar refractivity (Wildman–Crippen MR) is 130 cm³/mol. The lowest BCUT2D eigenvalue weighted by Gasteiger charge is -2.37. The molecule has 0 saturated carbocycles. The standard InChI is InChI=1S/C27H37N3O2/c1-28-26(31)16-10-2-3-11-17-27(32)30-20-18-29(19-21-30)22-25(23-12-6-4-7-13-23)24-14-8-5-9-15-24/h4-9,12-15,25H,2-3,10-11,16-22H2,1H3,(H,28,31). The van der Waals surface area contributed by atoms with Gasteiger partial charge in [0, 0.05) is 58.5 Å². The van der Waals surface area contributed by atoms with Crippen LogP contribution in [0, 0.1) is 0 Å². The zero-order valence-corrected chi connectivity index (χ0v) is 19.3. The monoisotopic (exact) mass is 435 g/mol. The molecule has 1 heterocycles. The lowest BCUT2D eigenvalue weighted by atomic mass is 9.90. The number of unbranched alkanes of at least 4 members (excludes halogenated alkanes) is 3. The molecule has 0 spiro atoms. The summed E-state index contributed by atoms with van der Waals surface area (Å²) in [5.41, 5.74) is 2.68. The van der Waals surface area contributed by atoms with Gasteiger partial charge >= 0.3 is 0 Å². The van der Waals surface area contributed by atoms with Crippen LogP contribution in [0.1, 0.15) is 55.6 Å². The van der Waals surface area contributed by atoms with Crippen LogP contribution in [0.15, 0.2) is 60.7 Å². The summed E-state index contributed by atoms with van der Waals surface area (Å²) in [5.74, 6) is 0.716. The number of nitrogens with zero attached hydrogens (tertiary/aromatic N) is 2. The number of nitrogens with one attached hydrogen (secondary N) is 1. The van der Waals surface area contributed by atoms with Crippen LogP contribution in [0.3, 0.4) is 0 Å². The number of carbonyl (C=O) groups excluding carboxylic acids is 2. The van der Waals surface area contributed by atoms with Crippen molar-refractivity contribution in [1.82, 2.24) is 15.1 Å². The van der Waals surface area contributed by atoms with Gasteiger partial charge in [-0.1, -0.05) is 73.5 Å². The Labute approximate surface area is 192 Å². The highest BCUT2D eigenvalue weighted by molar-refractivity contribution is 5.76. The molecule has 5 heteroatoms. The molecule has 1 aliphatic heterocycles. The van der Waals surface area contributed by atoms with E-state index in [1.807, 2.05) is 4.90 Å². The van der Waals surface area contributed by atoms with Crippen molar-refractivity contribution < 1.29 is 9.59 Å². The highest BCUT2D eigenvalue weighted by Crippen LogP contribution is 2.26. The fourth-order valence-electron chi connectivity index (χ4n) is 4.41. The topological polar surface area (TPSA) is 52.7 Å². The lowest BCUT2D eigenvalue weighted by molar-refractivity contribution is -0.133. The van der Waals surface area contributed by atoms with Crippen molar-refractivity contribution in [2.75, 3.05) is 39.8 Å². The van der Waals surface area contributed by atoms with Crippen LogP contribution in [0.4, 0.5) is 0 Å². The number of hydrogen-bond acceptors (Lipinski definition) is 3. The zero-order chi connectivity index (χ0) is 22.6. The highest BCUT2D eigenvalue weighted by atomic mass is 16.2. The van der Waals surface area contributed by atoms with E-state index >= 15 is 0 Å². The average Bonchev–Trinajstić information content (AvgIpc) is 2.85. The summed E-state index contributed by atoms with van der Waals surface area (Å²) >= 11 is 0. The molecule has 2 amide bonds. The largest absolute Gasteiger partial charge is 0.359 e. The first-order valence-corrected chi connectivity index (χ1v) is 12.0. The van der Waals surface area contributed by atoms with Crippen LogP contribution in [0.25, 0.3) is 0 Å². The van der Waals surface area contributed by atoms with E-state index in [9.17, 15) is 9.59 Å². The maximum atomic E-state index is 12.6. The Balaban J connectivity index is 1.42. The Morgan fingerprint density at radius 1 is 0.781 bits per heavy atom.